The Morgan fingerprint density at radius 2 is 2.00 bits per heavy atom. The highest BCUT2D eigenvalue weighted by molar-refractivity contribution is 8.02. The van der Waals surface area contributed by atoms with Gasteiger partial charge in [-0.3, -0.25) is 4.79 Å². The number of para-hydroxylation sites is 1. The van der Waals surface area contributed by atoms with Gasteiger partial charge in [0.25, 0.3) is 0 Å². The summed E-state index contributed by atoms with van der Waals surface area (Å²) in [5, 5.41) is -0.0750. The molecule has 2 heterocycles. The number of fused-ring (bicyclic) bond motifs is 1. The van der Waals surface area contributed by atoms with E-state index in [9.17, 15) is 4.79 Å². The topological polar surface area (TPSA) is 36.4 Å². The molecule has 21 heavy (non-hydrogen) atoms. The van der Waals surface area contributed by atoms with E-state index in [0.29, 0.717) is 0 Å². The van der Waals surface area contributed by atoms with Crippen molar-refractivity contribution in [3.05, 3.63) is 24.3 Å². The van der Waals surface area contributed by atoms with Crippen LogP contribution in [0.5, 0.6) is 0 Å². The second kappa shape index (κ2) is 6.34. The zero-order valence-electron chi connectivity index (χ0n) is 12.3. The molecule has 4 nitrogen and oxygen atoms in total. The van der Waals surface area contributed by atoms with Crippen LogP contribution in [-0.2, 0) is 4.79 Å². The standard InChI is InChI=1S/C15H19N3OS2/c1-11(14(19)18-9-7-17(2)8-10-18)20-15-16-12-5-3-4-6-13(12)21-15/h3-6,11H,7-10H2,1-2H3. The van der Waals surface area contributed by atoms with Crippen molar-refractivity contribution < 1.29 is 4.79 Å². The van der Waals surface area contributed by atoms with Crippen molar-refractivity contribution >= 4 is 39.2 Å². The van der Waals surface area contributed by atoms with Crippen LogP contribution in [0.1, 0.15) is 6.92 Å². The first-order chi connectivity index (χ1) is 10.1. The van der Waals surface area contributed by atoms with Gasteiger partial charge < -0.3 is 9.80 Å². The number of rotatable bonds is 3. The molecule has 112 valence electrons. The molecule has 6 heteroatoms. The quantitative estimate of drug-likeness (QED) is 0.814. The van der Waals surface area contributed by atoms with E-state index in [0.717, 1.165) is 36.0 Å². The van der Waals surface area contributed by atoms with Gasteiger partial charge in [-0.05, 0) is 26.1 Å². The molecule has 1 unspecified atom stereocenters. The van der Waals surface area contributed by atoms with E-state index < -0.39 is 0 Å². The molecular formula is C15H19N3OS2. The molecule has 0 aliphatic carbocycles. The van der Waals surface area contributed by atoms with Crippen molar-refractivity contribution in [1.82, 2.24) is 14.8 Å². The number of aromatic nitrogens is 1. The van der Waals surface area contributed by atoms with Crippen LogP contribution in [0.2, 0.25) is 0 Å². The van der Waals surface area contributed by atoms with Crippen LogP contribution >= 0.6 is 23.1 Å². The number of carbonyl (C=O) groups excluding carboxylic acids is 1. The van der Waals surface area contributed by atoms with Crippen LogP contribution in [0.15, 0.2) is 28.6 Å². The first-order valence-corrected chi connectivity index (χ1v) is 8.82. The van der Waals surface area contributed by atoms with E-state index in [2.05, 4.69) is 23.0 Å². The normalized spacial score (nSPS) is 18.1. The molecule has 1 atom stereocenters. The van der Waals surface area contributed by atoms with E-state index in [4.69, 9.17) is 0 Å². The van der Waals surface area contributed by atoms with Gasteiger partial charge in [0.2, 0.25) is 5.91 Å². The molecule has 0 spiro atoms. The van der Waals surface area contributed by atoms with Gasteiger partial charge >= 0.3 is 0 Å². The summed E-state index contributed by atoms with van der Waals surface area (Å²) in [6, 6.07) is 8.11. The first-order valence-electron chi connectivity index (χ1n) is 7.13. The largest absolute Gasteiger partial charge is 0.339 e. The molecule has 1 fully saturated rings. The van der Waals surface area contributed by atoms with Crippen molar-refractivity contribution in [2.45, 2.75) is 16.5 Å². The second-order valence-corrected chi connectivity index (χ2v) is 7.95. The van der Waals surface area contributed by atoms with Gasteiger partial charge in [-0.2, -0.15) is 0 Å². The van der Waals surface area contributed by atoms with E-state index in [-0.39, 0.29) is 11.2 Å². The summed E-state index contributed by atoms with van der Waals surface area (Å²) in [6.45, 7) is 5.58. The van der Waals surface area contributed by atoms with Crippen LogP contribution in [0, 0.1) is 0 Å². The smallest absolute Gasteiger partial charge is 0.235 e. The van der Waals surface area contributed by atoms with Gasteiger partial charge in [0.15, 0.2) is 4.34 Å². The Balaban J connectivity index is 1.65. The van der Waals surface area contributed by atoms with Gasteiger partial charge in [0.1, 0.15) is 0 Å². The number of hydrogen-bond donors (Lipinski definition) is 0. The summed E-state index contributed by atoms with van der Waals surface area (Å²) in [5.41, 5.74) is 1.02. The minimum absolute atomic E-state index is 0.0750. The number of thiazole rings is 1. The fourth-order valence-electron chi connectivity index (χ4n) is 2.39. The third kappa shape index (κ3) is 3.39. The zero-order chi connectivity index (χ0) is 14.8. The molecular weight excluding hydrogens is 302 g/mol. The first kappa shape index (κ1) is 14.8. The van der Waals surface area contributed by atoms with Gasteiger partial charge in [0, 0.05) is 26.2 Å². The lowest BCUT2D eigenvalue weighted by molar-refractivity contribution is -0.131. The SMILES string of the molecule is CC(Sc1nc2ccccc2s1)C(=O)N1CCN(C)CC1. The molecule has 1 aromatic carbocycles. The monoisotopic (exact) mass is 321 g/mol. The molecule has 0 radical (unpaired) electrons. The Morgan fingerprint density at radius 3 is 2.71 bits per heavy atom. The van der Waals surface area contributed by atoms with Crippen LogP contribution in [0.25, 0.3) is 10.2 Å². The molecule has 1 aliphatic heterocycles. The van der Waals surface area contributed by atoms with Crippen LogP contribution < -0.4 is 0 Å². The molecule has 1 saturated heterocycles. The Morgan fingerprint density at radius 1 is 1.29 bits per heavy atom. The highest BCUT2D eigenvalue weighted by Crippen LogP contribution is 2.32. The van der Waals surface area contributed by atoms with Crippen molar-refractivity contribution in [3.8, 4) is 0 Å². The summed E-state index contributed by atoms with van der Waals surface area (Å²) >= 11 is 3.24. The number of nitrogens with zero attached hydrogens (tertiary/aromatic N) is 3. The maximum Gasteiger partial charge on any atom is 0.235 e. The van der Waals surface area contributed by atoms with Crippen LogP contribution in [0.4, 0.5) is 0 Å². The van der Waals surface area contributed by atoms with E-state index >= 15 is 0 Å². The van der Waals surface area contributed by atoms with E-state index in [1.807, 2.05) is 30.0 Å². The van der Waals surface area contributed by atoms with Gasteiger partial charge in [0.05, 0.1) is 15.5 Å². The molecule has 1 amide bonds. The third-order valence-electron chi connectivity index (χ3n) is 3.71. The van der Waals surface area contributed by atoms with Crippen molar-refractivity contribution in [3.63, 3.8) is 0 Å². The fraction of sp³-hybridized carbons (Fsp3) is 0.467. The number of amides is 1. The molecule has 1 aliphatic rings. The van der Waals surface area contributed by atoms with Gasteiger partial charge in [-0.15, -0.1) is 11.3 Å². The minimum atomic E-state index is -0.0750. The Labute approximate surface area is 133 Å². The lowest BCUT2D eigenvalue weighted by atomic mass is 10.3. The Bertz CT molecular complexity index is 602. The third-order valence-corrected chi connectivity index (χ3v) is 5.93. The summed E-state index contributed by atoms with van der Waals surface area (Å²) in [7, 11) is 2.10. The number of piperazine rings is 1. The molecule has 0 bridgehead atoms. The molecule has 2 aromatic rings. The van der Waals surface area contributed by atoms with Crippen LogP contribution in [0.3, 0.4) is 0 Å². The number of likely N-dealkylation sites (N-methyl/N-ethyl adjacent to an activating group) is 1. The summed E-state index contributed by atoms with van der Waals surface area (Å²) in [5.74, 6) is 0.229. The number of hydrogen-bond acceptors (Lipinski definition) is 5. The van der Waals surface area contributed by atoms with E-state index in [1.165, 1.54) is 4.70 Å². The van der Waals surface area contributed by atoms with Crippen molar-refractivity contribution in [2.24, 2.45) is 0 Å². The van der Waals surface area contributed by atoms with Gasteiger partial charge in [-0.25, -0.2) is 4.98 Å². The summed E-state index contributed by atoms with van der Waals surface area (Å²) in [6.07, 6.45) is 0. The van der Waals surface area contributed by atoms with Gasteiger partial charge in [-0.1, -0.05) is 23.9 Å². The molecule has 1 aromatic heterocycles. The predicted octanol–water partition coefficient (Wildman–Crippen LogP) is 2.55. The highest BCUT2D eigenvalue weighted by Gasteiger charge is 2.25. The second-order valence-electron chi connectivity index (χ2n) is 5.34. The Hall–Kier alpha value is -1.11. The Kier molecular flexibility index (Phi) is 4.47. The maximum atomic E-state index is 12.5. The average molecular weight is 321 g/mol. The fourth-order valence-corrected chi connectivity index (χ4v) is 4.68. The lowest BCUT2D eigenvalue weighted by Crippen LogP contribution is -2.49. The van der Waals surface area contributed by atoms with Crippen molar-refractivity contribution in [2.75, 3.05) is 33.2 Å². The molecule has 0 saturated carbocycles. The minimum Gasteiger partial charge on any atom is -0.339 e. The maximum absolute atomic E-state index is 12.5. The summed E-state index contributed by atoms with van der Waals surface area (Å²) in [4.78, 5) is 21.3. The number of thioether (sulfide) groups is 1. The lowest BCUT2D eigenvalue weighted by Gasteiger charge is -2.33. The molecule has 0 N–H and O–H groups in total. The molecule has 3 rings (SSSR count). The van der Waals surface area contributed by atoms with Crippen molar-refractivity contribution in [1.29, 1.82) is 0 Å². The zero-order valence-corrected chi connectivity index (χ0v) is 13.9. The average Bonchev–Trinajstić information content (AvgIpc) is 2.89. The summed E-state index contributed by atoms with van der Waals surface area (Å²) < 4.78 is 2.16. The van der Waals surface area contributed by atoms with E-state index in [1.54, 1.807) is 23.1 Å². The number of benzene rings is 1. The highest BCUT2D eigenvalue weighted by atomic mass is 32.2. The van der Waals surface area contributed by atoms with Crippen LogP contribution in [-0.4, -0.2) is 59.2 Å². The number of carbonyl (C=O) groups is 1. The predicted molar refractivity (Wildman–Crippen MR) is 89.0 cm³/mol.